The van der Waals surface area contributed by atoms with Gasteiger partial charge in [-0.05, 0) is 20.4 Å². The van der Waals surface area contributed by atoms with Gasteiger partial charge in [0.25, 0.3) is 0 Å². The lowest BCUT2D eigenvalue weighted by Crippen LogP contribution is -2.50. The van der Waals surface area contributed by atoms with Crippen molar-refractivity contribution in [1.29, 1.82) is 0 Å². The van der Waals surface area contributed by atoms with Crippen LogP contribution in [0, 0.1) is 0 Å². The highest BCUT2D eigenvalue weighted by Crippen LogP contribution is 1.99. The van der Waals surface area contributed by atoms with E-state index in [0.717, 1.165) is 0 Å². The van der Waals surface area contributed by atoms with Crippen LogP contribution in [0.5, 0.6) is 0 Å². The highest BCUT2D eigenvalue weighted by atomic mass is 16.4. The Morgan fingerprint density at radius 2 is 1.94 bits per heavy atom. The number of aliphatic hydroxyl groups excluding tert-OH is 1. The summed E-state index contributed by atoms with van der Waals surface area (Å²) < 4.78 is 0. The molecule has 0 spiro atoms. The molecule has 0 bridgehead atoms. The number of carboxylic acid groups (broad SMARTS) is 1. The molecule has 0 heterocycles. The van der Waals surface area contributed by atoms with Gasteiger partial charge in [0, 0.05) is 6.54 Å². The molecule has 0 aliphatic rings. The van der Waals surface area contributed by atoms with Crippen LogP contribution in [0.25, 0.3) is 0 Å². The van der Waals surface area contributed by atoms with Gasteiger partial charge < -0.3 is 15.5 Å². The smallest absolute Gasteiger partial charge is 0.325 e. The third kappa shape index (κ3) is 4.59. The predicted molar refractivity (Wildman–Crippen MR) is 59.0 cm³/mol. The van der Waals surface area contributed by atoms with E-state index in [1.807, 2.05) is 6.92 Å². The molecule has 0 radical (unpaired) electrons. The van der Waals surface area contributed by atoms with Gasteiger partial charge in [0.1, 0.15) is 6.04 Å². The number of carbonyl (C=O) groups is 2. The molecular formula is C10H20N2O4. The van der Waals surface area contributed by atoms with E-state index in [0.29, 0.717) is 13.1 Å². The van der Waals surface area contributed by atoms with Crippen LogP contribution in [0.3, 0.4) is 0 Å². The van der Waals surface area contributed by atoms with Crippen LogP contribution in [0.2, 0.25) is 0 Å². The minimum Gasteiger partial charge on any atom is -0.480 e. The SMILES string of the molecule is CCN(CCO)C(C)C(=O)NC(C)C(=O)O. The second-order valence-corrected chi connectivity index (χ2v) is 3.60. The molecule has 0 aliphatic carbocycles. The summed E-state index contributed by atoms with van der Waals surface area (Å²) in [5.41, 5.74) is 0. The van der Waals surface area contributed by atoms with Crippen molar-refractivity contribution in [3.63, 3.8) is 0 Å². The van der Waals surface area contributed by atoms with Gasteiger partial charge in [-0.25, -0.2) is 0 Å². The van der Waals surface area contributed by atoms with Crippen LogP contribution in [0.1, 0.15) is 20.8 Å². The average molecular weight is 232 g/mol. The Kier molecular flexibility index (Phi) is 6.67. The van der Waals surface area contributed by atoms with Crippen LogP contribution in [0.4, 0.5) is 0 Å². The number of rotatable bonds is 7. The Balaban J connectivity index is 4.30. The summed E-state index contributed by atoms with van der Waals surface area (Å²) in [5.74, 6) is -1.41. The lowest BCUT2D eigenvalue weighted by atomic mass is 10.2. The van der Waals surface area contributed by atoms with Crippen molar-refractivity contribution >= 4 is 11.9 Å². The maximum Gasteiger partial charge on any atom is 0.325 e. The van der Waals surface area contributed by atoms with E-state index in [-0.39, 0.29) is 12.5 Å². The topological polar surface area (TPSA) is 89.9 Å². The zero-order valence-electron chi connectivity index (χ0n) is 9.93. The number of amides is 1. The van der Waals surface area contributed by atoms with Crippen molar-refractivity contribution in [3.8, 4) is 0 Å². The van der Waals surface area contributed by atoms with Gasteiger partial charge in [-0.2, -0.15) is 0 Å². The quantitative estimate of drug-likeness (QED) is 0.539. The minimum atomic E-state index is -1.06. The molecule has 0 fully saturated rings. The van der Waals surface area contributed by atoms with Crippen molar-refractivity contribution in [3.05, 3.63) is 0 Å². The maximum absolute atomic E-state index is 11.6. The number of carboxylic acids is 1. The van der Waals surface area contributed by atoms with Gasteiger partial charge in [0.2, 0.25) is 5.91 Å². The molecule has 0 aromatic rings. The highest BCUT2D eigenvalue weighted by Gasteiger charge is 2.22. The monoisotopic (exact) mass is 232 g/mol. The summed E-state index contributed by atoms with van der Waals surface area (Å²) in [6, 6.07) is -1.35. The molecule has 2 atom stereocenters. The van der Waals surface area contributed by atoms with Crippen molar-refractivity contribution in [2.24, 2.45) is 0 Å². The summed E-state index contributed by atoms with van der Waals surface area (Å²) in [4.78, 5) is 24.0. The largest absolute Gasteiger partial charge is 0.480 e. The zero-order valence-corrected chi connectivity index (χ0v) is 9.93. The van der Waals surface area contributed by atoms with E-state index in [2.05, 4.69) is 5.32 Å². The first-order valence-electron chi connectivity index (χ1n) is 5.32. The summed E-state index contributed by atoms with van der Waals surface area (Å²) in [6.45, 7) is 5.96. The minimum absolute atomic E-state index is 0.0278. The van der Waals surface area contributed by atoms with Crippen molar-refractivity contribution in [2.45, 2.75) is 32.9 Å². The predicted octanol–water partition coefficient (Wildman–Crippen LogP) is -0.722. The van der Waals surface area contributed by atoms with E-state index >= 15 is 0 Å². The third-order valence-electron chi connectivity index (χ3n) is 2.45. The molecule has 0 aliphatic heterocycles. The van der Waals surface area contributed by atoms with Gasteiger partial charge in [-0.15, -0.1) is 0 Å². The number of hydrogen-bond acceptors (Lipinski definition) is 4. The first-order valence-corrected chi connectivity index (χ1v) is 5.32. The molecular weight excluding hydrogens is 212 g/mol. The van der Waals surface area contributed by atoms with Crippen molar-refractivity contribution < 1.29 is 19.8 Å². The normalized spacial score (nSPS) is 14.6. The molecule has 0 saturated heterocycles. The Hall–Kier alpha value is -1.14. The number of aliphatic hydroxyl groups is 1. The Morgan fingerprint density at radius 1 is 1.38 bits per heavy atom. The van der Waals surface area contributed by atoms with Crippen molar-refractivity contribution in [1.82, 2.24) is 10.2 Å². The fourth-order valence-corrected chi connectivity index (χ4v) is 1.32. The molecule has 16 heavy (non-hydrogen) atoms. The average Bonchev–Trinajstić information content (AvgIpc) is 2.24. The van der Waals surface area contributed by atoms with Crippen LogP contribution >= 0.6 is 0 Å². The van der Waals surface area contributed by atoms with E-state index in [1.165, 1.54) is 6.92 Å². The van der Waals surface area contributed by atoms with E-state index in [9.17, 15) is 9.59 Å². The molecule has 0 saturated carbocycles. The maximum atomic E-state index is 11.6. The van der Waals surface area contributed by atoms with Gasteiger partial charge in [0.15, 0.2) is 0 Å². The Morgan fingerprint density at radius 3 is 2.31 bits per heavy atom. The van der Waals surface area contributed by atoms with E-state index < -0.39 is 18.1 Å². The molecule has 94 valence electrons. The van der Waals surface area contributed by atoms with Crippen LogP contribution in [0.15, 0.2) is 0 Å². The number of likely N-dealkylation sites (N-methyl/N-ethyl adjacent to an activating group) is 1. The van der Waals surface area contributed by atoms with Crippen LogP contribution in [-0.2, 0) is 9.59 Å². The van der Waals surface area contributed by atoms with Gasteiger partial charge in [-0.1, -0.05) is 6.92 Å². The first kappa shape index (κ1) is 14.9. The number of nitrogens with one attached hydrogen (secondary N) is 1. The van der Waals surface area contributed by atoms with Crippen LogP contribution in [-0.4, -0.2) is 58.8 Å². The molecule has 0 aromatic carbocycles. The number of carbonyl (C=O) groups excluding carboxylic acids is 1. The molecule has 6 heteroatoms. The third-order valence-corrected chi connectivity index (χ3v) is 2.45. The number of nitrogens with zero attached hydrogens (tertiary/aromatic N) is 1. The number of aliphatic carboxylic acids is 1. The summed E-state index contributed by atoms with van der Waals surface area (Å²) in [5, 5.41) is 19.8. The van der Waals surface area contributed by atoms with E-state index in [1.54, 1.807) is 11.8 Å². The molecule has 0 rings (SSSR count). The summed E-state index contributed by atoms with van der Waals surface area (Å²) in [6.07, 6.45) is 0. The number of hydrogen-bond donors (Lipinski definition) is 3. The molecule has 2 unspecified atom stereocenters. The summed E-state index contributed by atoms with van der Waals surface area (Å²) in [7, 11) is 0. The molecule has 1 amide bonds. The lowest BCUT2D eigenvalue weighted by molar-refractivity contribution is -0.142. The second-order valence-electron chi connectivity index (χ2n) is 3.60. The Labute approximate surface area is 95.2 Å². The summed E-state index contributed by atoms with van der Waals surface area (Å²) >= 11 is 0. The standard InChI is InChI=1S/C10H20N2O4/c1-4-12(5-6-13)8(3)9(14)11-7(2)10(15)16/h7-8,13H,4-6H2,1-3H3,(H,11,14)(H,15,16). The second kappa shape index (κ2) is 7.19. The van der Waals surface area contributed by atoms with Crippen LogP contribution < -0.4 is 5.32 Å². The lowest BCUT2D eigenvalue weighted by Gasteiger charge is -2.26. The first-order chi connectivity index (χ1) is 7.43. The van der Waals surface area contributed by atoms with Gasteiger partial charge >= 0.3 is 5.97 Å². The molecule has 6 nitrogen and oxygen atoms in total. The van der Waals surface area contributed by atoms with Crippen molar-refractivity contribution in [2.75, 3.05) is 19.7 Å². The van der Waals surface area contributed by atoms with Gasteiger partial charge in [0.05, 0.1) is 12.6 Å². The zero-order chi connectivity index (χ0) is 12.7. The Bertz CT molecular complexity index is 245. The fraction of sp³-hybridized carbons (Fsp3) is 0.800. The fourth-order valence-electron chi connectivity index (χ4n) is 1.32. The van der Waals surface area contributed by atoms with E-state index in [4.69, 9.17) is 10.2 Å². The van der Waals surface area contributed by atoms with Gasteiger partial charge in [-0.3, -0.25) is 14.5 Å². The molecule has 0 aromatic heterocycles. The molecule has 3 N–H and O–H groups in total. The highest BCUT2D eigenvalue weighted by molar-refractivity contribution is 5.86.